The molecule has 1 N–H and O–H groups in total. The highest BCUT2D eigenvalue weighted by molar-refractivity contribution is 14.0. The number of aryl methyl sites for hydroxylation is 1. The molecule has 0 unspecified atom stereocenters. The van der Waals surface area contributed by atoms with Gasteiger partial charge in [-0.05, 0) is 27.1 Å². The first-order valence-corrected chi connectivity index (χ1v) is 11.8. The smallest absolute Gasteiger partial charge is 0.205 e. The number of hydrogen-bond donors (Lipinski definition) is 1. The van der Waals surface area contributed by atoms with Gasteiger partial charge in [0, 0.05) is 62.8 Å². The van der Waals surface area contributed by atoms with Crippen LogP contribution in [0, 0.1) is 0 Å². The number of aliphatic imine (C=N–C) groups is 1. The van der Waals surface area contributed by atoms with Crippen molar-refractivity contribution < 1.29 is 4.74 Å². The van der Waals surface area contributed by atoms with Crippen molar-refractivity contribution in [2.24, 2.45) is 4.99 Å². The lowest BCUT2D eigenvalue weighted by Gasteiger charge is -2.36. The summed E-state index contributed by atoms with van der Waals surface area (Å²) in [6.07, 6.45) is 0.883. The summed E-state index contributed by atoms with van der Waals surface area (Å²) in [5.74, 6) is 2.80. The SMILES string of the molecule is CCNC(=NCc1ccccc1OCCN(C)C)N1CCN(c2nc(CC)ns2)CC1.I. The second-order valence-corrected chi connectivity index (χ2v) is 8.48. The van der Waals surface area contributed by atoms with Gasteiger partial charge in [0.1, 0.15) is 18.2 Å². The fraction of sp³-hybridized carbons (Fsp3) is 0.591. The maximum Gasteiger partial charge on any atom is 0.205 e. The second kappa shape index (κ2) is 13.8. The van der Waals surface area contributed by atoms with Crippen LogP contribution >= 0.6 is 35.5 Å². The van der Waals surface area contributed by atoms with Crippen LogP contribution in [0.1, 0.15) is 25.2 Å². The van der Waals surface area contributed by atoms with Crippen LogP contribution in [0.2, 0.25) is 0 Å². The van der Waals surface area contributed by atoms with Crippen molar-refractivity contribution in [1.82, 2.24) is 24.5 Å². The summed E-state index contributed by atoms with van der Waals surface area (Å²) in [7, 11) is 4.10. The number of rotatable bonds is 9. The van der Waals surface area contributed by atoms with E-state index in [2.05, 4.69) is 63.4 Å². The molecule has 1 saturated heterocycles. The van der Waals surface area contributed by atoms with Gasteiger partial charge in [0.05, 0.1) is 6.54 Å². The quantitative estimate of drug-likeness (QED) is 0.281. The molecule has 0 amide bonds. The maximum absolute atomic E-state index is 6.00. The first-order chi connectivity index (χ1) is 15.1. The first kappa shape index (κ1) is 26.6. The molecule has 1 aliphatic rings. The Bertz CT molecular complexity index is 837. The summed E-state index contributed by atoms with van der Waals surface area (Å²) in [5, 5.41) is 4.48. The average Bonchev–Trinajstić information content (AvgIpc) is 3.27. The number of piperazine rings is 1. The number of aromatic nitrogens is 2. The molecule has 8 nitrogen and oxygen atoms in total. The number of para-hydroxylation sites is 1. The molecule has 2 heterocycles. The normalized spacial score (nSPS) is 14.5. The largest absolute Gasteiger partial charge is 0.492 e. The Hall–Kier alpha value is -1.66. The summed E-state index contributed by atoms with van der Waals surface area (Å²) in [6, 6.07) is 8.18. The number of halogens is 1. The number of nitrogens with one attached hydrogen (secondary N) is 1. The molecule has 178 valence electrons. The molecule has 0 aliphatic carbocycles. The summed E-state index contributed by atoms with van der Waals surface area (Å²) in [5.41, 5.74) is 1.11. The van der Waals surface area contributed by atoms with Gasteiger partial charge >= 0.3 is 0 Å². The fourth-order valence-electron chi connectivity index (χ4n) is 3.33. The van der Waals surface area contributed by atoms with E-state index in [0.717, 1.165) is 73.9 Å². The molecule has 1 aliphatic heterocycles. The van der Waals surface area contributed by atoms with Gasteiger partial charge in [-0.15, -0.1) is 24.0 Å². The highest BCUT2D eigenvalue weighted by Crippen LogP contribution is 2.21. The Labute approximate surface area is 213 Å². The van der Waals surface area contributed by atoms with Gasteiger partial charge in [-0.3, -0.25) is 0 Å². The number of guanidine groups is 1. The van der Waals surface area contributed by atoms with Crippen LogP contribution < -0.4 is 15.0 Å². The van der Waals surface area contributed by atoms with E-state index in [-0.39, 0.29) is 24.0 Å². The molecular weight excluding hydrogens is 537 g/mol. The van der Waals surface area contributed by atoms with Gasteiger partial charge in [-0.1, -0.05) is 25.1 Å². The van der Waals surface area contributed by atoms with E-state index < -0.39 is 0 Å². The lowest BCUT2D eigenvalue weighted by Crippen LogP contribution is -2.52. The number of hydrogen-bond acceptors (Lipinski definition) is 7. The Morgan fingerprint density at radius 3 is 2.59 bits per heavy atom. The number of anilines is 1. The van der Waals surface area contributed by atoms with Crippen molar-refractivity contribution >= 4 is 46.6 Å². The number of nitrogens with zero attached hydrogens (tertiary/aromatic N) is 6. The van der Waals surface area contributed by atoms with E-state index in [0.29, 0.717) is 13.2 Å². The Morgan fingerprint density at radius 1 is 1.19 bits per heavy atom. The van der Waals surface area contributed by atoms with Gasteiger partial charge < -0.3 is 24.8 Å². The summed E-state index contributed by atoms with van der Waals surface area (Å²) >= 11 is 1.50. The molecule has 1 aromatic heterocycles. The molecule has 1 aromatic carbocycles. The minimum absolute atomic E-state index is 0. The third-order valence-electron chi connectivity index (χ3n) is 5.13. The fourth-order valence-corrected chi connectivity index (χ4v) is 4.13. The Balaban J connectivity index is 0.00000363. The van der Waals surface area contributed by atoms with Gasteiger partial charge in [0.2, 0.25) is 5.13 Å². The molecule has 3 rings (SSSR count). The van der Waals surface area contributed by atoms with Crippen LogP contribution in [-0.2, 0) is 13.0 Å². The molecule has 0 bridgehead atoms. The zero-order valence-corrected chi connectivity index (χ0v) is 22.7. The van der Waals surface area contributed by atoms with Crippen LogP contribution in [0.15, 0.2) is 29.3 Å². The highest BCUT2D eigenvalue weighted by atomic mass is 127. The van der Waals surface area contributed by atoms with E-state index in [4.69, 9.17) is 9.73 Å². The van der Waals surface area contributed by atoms with Crippen molar-refractivity contribution in [3.05, 3.63) is 35.7 Å². The molecule has 1 fully saturated rings. The standard InChI is InChI=1S/C22H35N7OS.HI/c1-5-20-25-22(31-26-20)29-13-11-28(12-14-29)21(23-6-2)24-17-18-9-7-8-10-19(18)30-16-15-27(3)4;/h7-10H,5-6,11-17H2,1-4H3,(H,23,24);1H. The molecule has 32 heavy (non-hydrogen) atoms. The average molecular weight is 574 g/mol. The number of likely N-dealkylation sites (N-methyl/N-ethyl adjacent to an activating group) is 1. The zero-order valence-electron chi connectivity index (χ0n) is 19.6. The van der Waals surface area contributed by atoms with Crippen LogP contribution in [0.3, 0.4) is 0 Å². The van der Waals surface area contributed by atoms with Crippen molar-refractivity contribution in [1.29, 1.82) is 0 Å². The van der Waals surface area contributed by atoms with E-state index >= 15 is 0 Å². The summed E-state index contributed by atoms with van der Waals surface area (Å²) in [4.78, 5) is 16.3. The van der Waals surface area contributed by atoms with Crippen LogP contribution in [0.4, 0.5) is 5.13 Å². The predicted octanol–water partition coefficient (Wildman–Crippen LogP) is 2.95. The van der Waals surface area contributed by atoms with E-state index in [1.807, 2.05) is 18.2 Å². The van der Waals surface area contributed by atoms with Gasteiger partial charge in [-0.25, -0.2) is 9.98 Å². The van der Waals surface area contributed by atoms with Crippen molar-refractivity contribution in [3.8, 4) is 5.75 Å². The molecule has 2 aromatic rings. The topological polar surface area (TPSA) is 69.1 Å². The lowest BCUT2D eigenvalue weighted by atomic mass is 10.2. The summed E-state index contributed by atoms with van der Waals surface area (Å²) < 4.78 is 10.4. The minimum Gasteiger partial charge on any atom is -0.492 e. The number of ether oxygens (including phenoxy) is 1. The van der Waals surface area contributed by atoms with Gasteiger partial charge in [-0.2, -0.15) is 4.37 Å². The highest BCUT2D eigenvalue weighted by Gasteiger charge is 2.22. The zero-order chi connectivity index (χ0) is 22.1. The third kappa shape index (κ3) is 7.73. The molecule has 0 radical (unpaired) electrons. The van der Waals surface area contributed by atoms with Crippen LogP contribution in [0.5, 0.6) is 5.75 Å². The molecule has 0 spiro atoms. The van der Waals surface area contributed by atoms with Crippen molar-refractivity contribution in [2.75, 3.05) is 64.9 Å². The van der Waals surface area contributed by atoms with Crippen LogP contribution in [-0.4, -0.2) is 85.1 Å². The first-order valence-electron chi connectivity index (χ1n) is 11.1. The summed E-state index contributed by atoms with van der Waals surface area (Å²) in [6.45, 7) is 10.9. The second-order valence-electron chi connectivity index (χ2n) is 7.75. The monoisotopic (exact) mass is 573 g/mol. The Kier molecular flexibility index (Phi) is 11.5. The predicted molar refractivity (Wildman–Crippen MR) is 144 cm³/mol. The van der Waals surface area contributed by atoms with Crippen molar-refractivity contribution in [3.63, 3.8) is 0 Å². The van der Waals surface area contributed by atoms with E-state index in [1.165, 1.54) is 11.5 Å². The van der Waals surface area contributed by atoms with Crippen LogP contribution in [0.25, 0.3) is 0 Å². The van der Waals surface area contributed by atoms with Gasteiger partial charge in [0.25, 0.3) is 0 Å². The Morgan fingerprint density at radius 2 is 1.94 bits per heavy atom. The third-order valence-corrected chi connectivity index (χ3v) is 5.94. The van der Waals surface area contributed by atoms with E-state index in [1.54, 1.807) is 0 Å². The minimum atomic E-state index is 0. The molecule has 0 atom stereocenters. The van der Waals surface area contributed by atoms with Crippen molar-refractivity contribution in [2.45, 2.75) is 26.8 Å². The molecule has 0 saturated carbocycles. The van der Waals surface area contributed by atoms with Gasteiger partial charge in [0.15, 0.2) is 5.96 Å². The van der Waals surface area contributed by atoms with E-state index in [9.17, 15) is 0 Å². The maximum atomic E-state index is 6.00. The lowest BCUT2D eigenvalue weighted by molar-refractivity contribution is 0.259. The molecule has 10 heteroatoms. The molecular formula is C22H36IN7OS. The number of benzene rings is 1.